The van der Waals surface area contributed by atoms with Gasteiger partial charge in [0.2, 0.25) is 5.91 Å². The van der Waals surface area contributed by atoms with Crippen molar-refractivity contribution in [3.63, 3.8) is 0 Å². The molecule has 0 aliphatic carbocycles. The second-order valence-electron chi connectivity index (χ2n) is 5.70. The Bertz CT molecular complexity index is 840. The number of carbonyl (C=O) groups excluding carboxylic acids is 2. The van der Waals surface area contributed by atoms with Crippen LogP contribution in [0.3, 0.4) is 0 Å². The van der Waals surface area contributed by atoms with Crippen LogP contribution in [-0.2, 0) is 9.59 Å². The molecule has 1 atom stereocenters. The summed E-state index contributed by atoms with van der Waals surface area (Å²) in [6.45, 7) is 1.96. The lowest BCUT2D eigenvalue weighted by Crippen LogP contribution is -2.41. The van der Waals surface area contributed by atoms with Crippen molar-refractivity contribution in [3.05, 3.63) is 54.1 Å². The maximum Gasteiger partial charge on any atom is 0.267 e. The lowest BCUT2D eigenvalue weighted by atomic mass is 10.2. The number of hydrogen-bond donors (Lipinski definition) is 1. The van der Waals surface area contributed by atoms with E-state index < -0.39 is 6.10 Å². The van der Waals surface area contributed by atoms with E-state index in [-0.39, 0.29) is 18.2 Å². The zero-order valence-corrected chi connectivity index (χ0v) is 13.7. The molecule has 0 saturated carbocycles. The minimum absolute atomic E-state index is 0.122. The first-order valence-electron chi connectivity index (χ1n) is 7.95. The van der Waals surface area contributed by atoms with Gasteiger partial charge in [-0.05, 0) is 43.3 Å². The smallest absolute Gasteiger partial charge is 0.267 e. The Morgan fingerprint density at radius 3 is 2.68 bits per heavy atom. The average Bonchev–Trinajstić information content (AvgIpc) is 2.80. The van der Waals surface area contributed by atoms with Crippen LogP contribution >= 0.6 is 0 Å². The van der Waals surface area contributed by atoms with Crippen LogP contribution < -0.4 is 15.0 Å². The highest BCUT2D eigenvalue weighted by molar-refractivity contribution is 6.05. The van der Waals surface area contributed by atoms with Gasteiger partial charge in [0, 0.05) is 13.0 Å². The molecular formula is C19H17N3O3. The summed E-state index contributed by atoms with van der Waals surface area (Å²) in [5.74, 6) is 0.161. The van der Waals surface area contributed by atoms with E-state index in [4.69, 9.17) is 10.00 Å². The van der Waals surface area contributed by atoms with Crippen molar-refractivity contribution < 1.29 is 14.3 Å². The summed E-state index contributed by atoms with van der Waals surface area (Å²) in [5.41, 5.74) is 1.80. The van der Waals surface area contributed by atoms with Crippen molar-refractivity contribution in [1.82, 2.24) is 0 Å². The van der Waals surface area contributed by atoms with Gasteiger partial charge in [-0.25, -0.2) is 0 Å². The molecule has 25 heavy (non-hydrogen) atoms. The Hall–Kier alpha value is -3.33. The van der Waals surface area contributed by atoms with Crippen LogP contribution in [0.25, 0.3) is 0 Å². The Balaban J connectivity index is 1.79. The number of ether oxygens (including phenoxy) is 1. The molecule has 0 saturated heterocycles. The molecule has 0 radical (unpaired) electrons. The maximum atomic E-state index is 12.9. The second kappa shape index (κ2) is 7.05. The molecule has 1 N–H and O–H groups in total. The van der Waals surface area contributed by atoms with Crippen molar-refractivity contribution in [2.24, 2.45) is 0 Å². The van der Waals surface area contributed by atoms with Gasteiger partial charge < -0.3 is 15.0 Å². The van der Waals surface area contributed by atoms with Gasteiger partial charge in [-0.15, -0.1) is 0 Å². The molecule has 1 aliphatic heterocycles. The molecule has 1 aliphatic rings. The number of hydrogen-bond acceptors (Lipinski definition) is 4. The summed E-state index contributed by atoms with van der Waals surface area (Å²) < 4.78 is 5.71. The lowest BCUT2D eigenvalue weighted by Gasteiger charge is -2.25. The molecule has 2 aromatic rings. The number of nitrogens with one attached hydrogen (secondary N) is 1. The van der Waals surface area contributed by atoms with Crippen LogP contribution in [-0.4, -0.2) is 24.5 Å². The summed E-state index contributed by atoms with van der Waals surface area (Å²) in [7, 11) is 0. The molecule has 0 fully saturated rings. The standard InChI is InChI=1S/C19H17N3O3/c1-13(25-15-8-6-14(12-20)7-9-15)19(24)22-11-10-18(23)21-16-4-2-3-5-17(16)22/h2-9,13H,10-11H2,1H3,(H,21,23)/t13-/m0/s1. The first kappa shape index (κ1) is 16.5. The van der Waals surface area contributed by atoms with Gasteiger partial charge in [-0.3, -0.25) is 9.59 Å². The monoisotopic (exact) mass is 335 g/mol. The normalized spacial score (nSPS) is 14.6. The molecule has 0 unspecified atom stereocenters. The van der Waals surface area contributed by atoms with Crippen LogP contribution in [0.15, 0.2) is 48.5 Å². The summed E-state index contributed by atoms with van der Waals surface area (Å²) in [6.07, 6.45) is -0.501. The fraction of sp³-hybridized carbons (Fsp3) is 0.211. The van der Waals surface area contributed by atoms with Crippen LogP contribution in [0.1, 0.15) is 18.9 Å². The molecule has 1 heterocycles. The highest BCUT2D eigenvalue weighted by Crippen LogP contribution is 2.29. The highest BCUT2D eigenvalue weighted by Gasteiger charge is 2.28. The molecule has 6 heteroatoms. The topological polar surface area (TPSA) is 82.4 Å². The van der Waals surface area contributed by atoms with Crippen molar-refractivity contribution >= 4 is 23.2 Å². The Morgan fingerprint density at radius 2 is 1.96 bits per heavy atom. The SMILES string of the molecule is C[C@H](Oc1ccc(C#N)cc1)C(=O)N1CCC(=O)Nc2ccccc21. The lowest BCUT2D eigenvalue weighted by molar-refractivity contribution is -0.124. The van der Waals surface area contributed by atoms with E-state index in [2.05, 4.69) is 5.32 Å². The van der Waals surface area contributed by atoms with Crippen molar-refractivity contribution in [2.45, 2.75) is 19.4 Å². The van der Waals surface area contributed by atoms with Crippen molar-refractivity contribution in [2.75, 3.05) is 16.8 Å². The fourth-order valence-electron chi connectivity index (χ4n) is 2.67. The van der Waals surface area contributed by atoms with Crippen LogP contribution in [0, 0.1) is 11.3 Å². The molecule has 0 bridgehead atoms. The number of rotatable bonds is 3. The number of para-hydroxylation sites is 2. The third-order valence-corrected chi connectivity index (χ3v) is 3.94. The van der Waals surface area contributed by atoms with Gasteiger partial charge in [0.25, 0.3) is 5.91 Å². The molecule has 2 amide bonds. The van der Waals surface area contributed by atoms with Gasteiger partial charge in [0.1, 0.15) is 5.75 Å². The van der Waals surface area contributed by atoms with Gasteiger partial charge in [-0.2, -0.15) is 5.26 Å². The summed E-state index contributed by atoms with van der Waals surface area (Å²) in [6, 6.07) is 15.8. The highest BCUT2D eigenvalue weighted by atomic mass is 16.5. The maximum absolute atomic E-state index is 12.9. The zero-order chi connectivity index (χ0) is 17.8. The summed E-state index contributed by atoms with van der Waals surface area (Å²) in [4.78, 5) is 26.3. The average molecular weight is 335 g/mol. The van der Waals surface area contributed by atoms with E-state index in [1.54, 1.807) is 48.2 Å². The quantitative estimate of drug-likeness (QED) is 0.935. The van der Waals surface area contributed by atoms with Crippen LogP contribution in [0.4, 0.5) is 11.4 Å². The van der Waals surface area contributed by atoms with E-state index in [1.165, 1.54) is 0 Å². The van der Waals surface area contributed by atoms with E-state index in [9.17, 15) is 9.59 Å². The Kier molecular flexibility index (Phi) is 4.66. The summed E-state index contributed by atoms with van der Waals surface area (Å²) >= 11 is 0. The number of amides is 2. The number of carbonyl (C=O) groups is 2. The minimum Gasteiger partial charge on any atom is -0.481 e. The second-order valence-corrected chi connectivity index (χ2v) is 5.70. The summed E-state index contributed by atoms with van der Waals surface area (Å²) in [5, 5.41) is 11.6. The number of nitrogens with zero attached hydrogens (tertiary/aromatic N) is 2. The molecule has 0 aromatic heterocycles. The predicted molar refractivity (Wildman–Crippen MR) is 93.3 cm³/mol. The van der Waals surface area contributed by atoms with Crippen molar-refractivity contribution in [1.29, 1.82) is 5.26 Å². The molecule has 3 rings (SSSR count). The molecule has 2 aromatic carbocycles. The van der Waals surface area contributed by atoms with Crippen LogP contribution in [0.5, 0.6) is 5.75 Å². The molecule has 0 spiro atoms. The van der Waals surface area contributed by atoms with Gasteiger partial charge >= 0.3 is 0 Å². The van der Waals surface area contributed by atoms with Gasteiger partial charge in [0.05, 0.1) is 23.0 Å². The first-order valence-corrected chi connectivity index (χ1v) is 7.95. The number of anilines is 2. The van der Waals surface area contributed by atoms with E-state index in [0.717, 1.165) is 0 Å². The molecular weight excluding hydrogens is 318 g/mol. The minimum atomic E-state index is -0.728. The number of fused-ring (bicyclic) bond motifs is 1. The third-order valence-electron chi connectivity index (χ3n) is 3.94. The third kappa shape index (κ3) is 3.61. The Morgan fingerprint density at radius 1 is 1.24 bits per heavy atom. The Labute approximate surface area is 145 Å². The molecule has 6 nitrogen and oxygen atoms in total. The van der Waals surface area contributed by atoms with Gasteiger partial charge in [0.15, 0.2) is 6.10 Å². The predicted octanol–water partition coefficient (Wildman–Crippen LogP) is 2.70. The number of benzene rings is 2. The van der Waals surface area contributed by atoms with E-state index >= 15 is 0 Å². The van der Waals surface area contributed by atoms with Gasteiger partial charge in [-0.1, -0.05) is 12.1 Å². The van der Waals surface area contributed by atoms with Crippen LogP contribution in [0.2, 0.25) is 0 Å². The van der Waals surface area contributed by atoms with Crippen molar-refractivity contribution in [3.8, 4) is 11.8 Å². The fourth-order valence-corrected chi connectivity index (χ4v) is 2.67. The largest absolute Gasteiger partial charge is 0.481 e. The molecule has 126 valence electrons. The first-order chi connectivity index (χ1) is 12.1. The number of nitriles is 1. The van der Waals surface area contributed by atoms with E-state index in [1.807, 2.05) is 18.2 Å². The zero-order valence-electron chi connectivity index (χ0n) is 13.7. The van der Waals surface area contributed by atoms with E-state index in [0.29, 0.717) is 29.2 Å².